The Morgan fingerprint density at radius 1 is 1.18 bits per heavy atom. The minimum Gasteiger partial charge on any atom is -0.360 e. The number of amides is 2. The van der Waals surface area contributed by atoms with Gasteiger partial charge < -0.3 is 19.9 Å². The summed E-state index contributed by atoms with van der Waals surface area (Å²) in [6.07, 6.45) is 1.83. The maximum absolute atomic E-state index is 14.4. The van der Waals surface area contributed by atoms with Gasteiger partial charge in [0, 0.05) is 32.2 Å². The molecule has 2 aliphatic rings. The Hall–Kier alpha value is -2.48. The molecule has 0 aromatic heterocycles. The fourth-order valence-corrected chi connectivity index (χ4v) is 4.68. The van der Waals surface area contributed by atoms with Gasteiger partial charge >= 0.3 is 0 Å². The van der Waals surface area contributed by atoms with Crippen LogP contribution in [-0.2, 0) is 16.0 Å². The summed E-state index contributed by atoms with van der Waals surface area (Å²) in [5.74, 6) is -0.662. The van der Waals surface area contributed by atoms with E-state index >= 15 is 0 Å². The number of benzene rings is 2. The second kappa shape index (κ2) is 10.6. The number of nitrogens with one attached hydrogen (secondary N) is 1. The number of nitrogens with zero attached hydrogens (tertiary/aromatic N) is 2. The number of hydrogen-bond acceptors (Lipinski definition) is 4. The van der Waals surface area contributed by atoms with Crippen LogP contribution in [0.25, 0.3) is 0 Å². The van der Waals surface area contributed by atoms with Crippen LogP contribution in [0.4, 0.5) is 10.1 Å². The van der Waals surface area contributed by atoms with Gasteiger partial charge in [-0.25, -0.2) is 4.39 Å². The molecule has 2 aliphatic heterocycles. The number of anilines is 1. The van der Waals surface area contributed by atoms with Gasteiger partial charge in [0.25, 0.3) is 11.8 Å². The van der Waals surface area contributed by atoms with E-state index in [1.807, 2.05) is 24.3 Å². The average Bonchev–Trinajstić information content (AvgIpc) is 2.81. The molecular weight excluding hydrogens is 445 g/mol. The van der Waals surface area contributed by atoms with E-state index in [9.17, 15) is 14.0 Å². The van der Waals surface area contributed by atoms with E-state index in [0.29, 0.717) is 17.8 Å². The summed E-state index contributed by atoms with van der Waals surface area (Å²) >= 11 is 0. The van der Waals surface area contributed by atoms with Crippen LogP contribution in [0.15, 0.2) is 48.5 Å². The van der Waals surface area contributed by atoms with Crippen molar-refractivity contribution in [3.8, 4) is 0 Å². The van der Waals surface area contributed by atoms with Gasteiger partial charge in [0.05, 0.1) is 17.8 Å². The molecule has 2 aromatic carbocycles. The largest absolute Gasteiger partial charge is 0.360 e. The molecule has 8 heteroatoms. The predicted molar refractivity (Wildman–Crippen MR) is 128 cm³/mol. The molecule has 6 nitrogen and oxygen atoms in total. The number of morpholine rings is 1. The Balaban J connectivity index is 0.00000306. The van der Waals surface area contributed by atoms with E-state index in [1.165, 1.54) is 6.07 Å². The second-order valence-corrected chi connectivity index (χ2v) is 8.69. The lowest BCUT2D eigenvalue weighted by Gasteiger charge is -2.49. The van der Waals surface area contributed by atoms with Gasteiger partial charge in [0.1, 0.15) is 11.9 Å². The summed E-state index contributed by atoms with van der Waals surface area (Å²) in [6, 6.07) is 14.1. The SMILES string of the molecule is CNC(=O)c1cccc(CCN2CCC3(CC2)CN(c2ccccc2F)C(=O)C(C)O3)c1.Cl. The highest BCUT2D eigenvalue weighted by Gasteiger charge is 2.46. The quantitative estimate of drug-likeness (QED) is 0.719. The molecule has 0 saturated carbocycles. The van der Waals surface area contributed by atoms with Crippen LogP contribution in [0.2, 0.25) is 0 Å². The zero-order chi connectivity index (χ0) is 22.7. The summed E-state index contributed by atoms with van der Waals surface area (Å²) in [4.78, 5) is 28.5. The third-order valence-corrected chi connectivity index (χ3v) is 6.53. The number of rotatable bonds is 5. The van der Waals surface area contributed by atoms with E-state index < -0.39 is 11.7 Å². The monoisotopic (exact) mass is 475 g/mol. The Bertz CT molecular complexity index is 994. The van der Waals surface area contributed by atoms with Gasteiger partial charge in [0.15, 0.2) is 0 Å². The van der Waals surface area contributed by atoms with Crippen LogP contribution in [0.3, 0.4) is 0 Å². The summed E-state index contributed by atoms with van der Waals surface area (Å²) in [6.45, 7) is 4.71. The van der Waals surface area contributed by atoms with Gasteiger partial charge in [-0.15, -0.1) is 12.4 Å². The summed E-state index contributed by atoms with van der Waals surface area (Å²) in [5.41, 5.74) is 1.67. The maximum Gasteiger partial charge on any atom is 0.256 e. The summed E-state index contributed by atoms with van der Waals surface area (Å²) < 4.78 is 20.6. The molecule has 4 rings (SSSR count). The van der Waals surface area contributed by atoms with Crippen molar-refractivity contribution in [2.45, 2.75) is 37.9 Å². The third-order valence-electron chi connectivity index (χ3n) is 6.53. The Morgan fingerprint density at radius 2 is 1.91 bits per heavy atom. The smallest absolute Gasteiger partial charge is 0.256 e. The number of likely N-dealkylation sites (tertiary alicyclic amines) is 1. The molecule has 1 atom stereocenters. The molecule has 2 amide bonds. The lowest BCUT2D eigenvalue weighted by Crippen LogP contribution is -2.61. The van der Waals surface area contributed by atoms with E-state index in [2.05, 4.69) is 10.2 Å². The summed E-state index contributed by atoms with van der Waals surface area (Å²) in [7, 11) is 1.63. The van der Waals surface area contributed by atoms with Crippen LogP contribution < -0.4 is 10.2 Å². The Labute approximate surface area is 200 Å². The van der Waals surface area contributed by atoms with E-state index in [-0.39, 0.29) is 30.0 Å². The van der Waals surface area contributed by atoms with Crippen molar-refractivity contribution in [2.75, 3.05) is 38.1 Å². The molecule has 0 bridgehead atoms. The minimum absolute atomic E-state index is 0. The maximum atomic E-state index is 14.4. The molecule has 1 unspecified atom stereocenters. The van der Waals surface area contributed by atoms with Crippen molar-refractivity contribution in [3.05, 3.63) is 65.5 Å². The molecule has 178 valence electrons. The van der Waals surface area contributed by atoms with Gasteiger partial charge in [-0.2, -0.15) is 0 Å². The van der Waals surface area contributed by atoms with Gasteiger partial charge in [-0.3, -0.25) is 9.59 Å². The number of carbonyl (C=O) groups excluding carboxylic acids is 2. The number of hydrogen-bond donors (Lipinski definition) is 1. The number of carbonyl (C=O) groups is 2. The zero-order valence-corrected chi connectivity index (χ0v) is 19.9. The number of piperidine rings is 1. The van der Waals surface area contributed by atoms with E-state index in [1.54, 1.807) is 37.1 Å². The first-order chi connectivity index (χ1) is 15.4. The van der Waals surface area contributed by atoms with Gasteiger partial charge in [-0.1, -0.05) is 24.3 Å². The van der Waals surface area contributed by atoms with Crippen LogP contribution >= 0.6 is 12.4 Å². The molecule has 1 N–H and O–H groups in total. The highest BCUT2D eigenvalue weighted by molar-refractivity contribution is 5.97. The van der Waals surface area contributed by atoms with Crippen LogP contribution in [0.5, 0.6) is 0 Å². The molecule has 2 heterocycles. The first kappa shape index (κ1) is 25.1. The second-order valence-electron chi connectivity index (χ2n) is 8.69. The van der Waals surface area contributed by atoms with Gasteiger partial charge in [0.2, 0.25) is 0 Å². The summed E-state index contributed by atoms with van der Waals surface area (Å²) in [5, 5.41) is 2.66. The third kappa shape index (κ3) is 5.54. The Kier molecular flexibility index (Phi) is 8.10. The number of para-hydroxylation sites is 1. The van der Waals surface area contributed by atoms with Crippen molar-refractivity contribution in [2.24, 2.45) is 0 Å². The average molecular weight is 476 g/mol. The first-order valence-electron chi connectivity index (χ1n) is 11.2. The topological polar surface area (TPSA) is 61.9 Å². The van der Waals surface area contributed by atoms with Gasteiger partial charge in [-0.05, 0) is 56.0 Å². The fraction of sp³-hybridized carbons (Fsp3) is 0.440. The molecule has 0 radical (unpaired) electrons. The van der Waals surface area contributed by atoms with E-state index in [4.69, 9.17) is 4.74 Å². The number of ether oxygens (including phenoxy) is 1. The highest BCUT2D eigenvalue weighted by Crippen LogP contribution is 2.35. The predicted octanol–water partition coefficient (Wildman–Crippen LogP) is 3.44. The van der Waals surface area contributed by atoms with Crippen molar-refractivity contribution in [1.82, 2.24) is 10.2 Å². The van der Waals surface area contributed by atoms with Crippen LogP contribution in [0.1, 0.15) is 35.7 Å². The molecule has 33 heavy (non-hydrogen) atoms. The lowest BCUT2D eigenvalue weighted by atomic mass is 9.88. The molecular formula is C25H31ClFN3O3. The van der Waals surface area contributed by atoms with Crippen molar-refractivity contribution >= 4 is 29.9 Å². The Morgan fingerprint density at radius 3 is 2.61 bits per heavy atom. The normalized spacial score (nSPS) is 20.4. The van der Waals surface area contributed by atoms with Crippen molar-refractivity contribution in [3.63, 3.8) is 0 Å². The molecule has 2 saturated heterocycles. The molecule has 1 spiro atoms. The minimum atomic E-state index is -0.595. The fourth-order valence-electron chi connectivity index (χ4n) is 4.68. The standard InChI is InChI=1S/C25H30FN3O3.ClH/c1-18-24(31)29(22-9-4-3-8-21(22)26)17-25(32-18)11-14-28(15-12-25)13-10-19-6-5-7-20(16-19)23(30)27-2;/h3-9,16,18H,10-15,17H2,1-2H3,(H,27,30);1H. The molecule has 0 aliphatic carbocycles. The first-order valence-corrected chi connectivity index (χ1v) is 11.2. The van der Waals surface area contributed by atoms with E-state index in [0.717, 1.165) is 44.5 Å². The molecule has 2 aromatic rings. The number of halogens is 2. The molecule has 2 fully saturated rings. The van der Waals surface area contributed by atoms with Crippen LogP contribution in [-0.4, -0.2) is 61.6 Å². The lowest BCUT2D eigenvalue weighted by molar-refractivity contribution is -0.161. The van der Waals surface area contributed by atoms with Crippen LogP contribution in [0, 0.1) is 5.82 Å². The van der Waals surface area contributed by atoms with Crippen molar-refractivity contribution in [1.29, 1.82) is 0 Å². The zero-order valence-electron chi connectivity index (χ0n) is 19.1. The highest BCUT2D eigenvalue weighted by atomic mass is 35.5. The van der Waals surface area contributed by atoms with Crippen molar-refractivity contribution < 1.29 is 18.7 Å².